The van der Waals surface area contributed by atoms with Gasteiger partial charge < -0.3 is 9.64 Å². The summed E-state index contributed by atoms with van der Waals surface area (Å²) in [7, 11) is 0. The second kappa shape index (κ2) is 7.71. The molecule has 0 aromatic heterocycles. The molecular weight excluding hydrogens is 338 g/mol. The Morgan fingerprint density at radius 3 is 2.58 bits per heavy atom. The van der Waals surface area contributed by atoms with Crippen LogP contribution in [0.1, 0.15) is 52.6 Å². The van der Waals surface area contributed by atoms with Gasteiger partial charge >= 0.3 is 0 Å². The van der Waals surface area contributed by atoms with Crippen LogP contribution >= 0.6 is 23.5 Å². The van der Waals surface area contributed by atoms with Gasteiger partial charge in [0.1, 0.15) is 0 Å². The lowest BCUT2D eigenvalue weighted by Crippen LogP contribution is -2.54. The van der Waals surface area contributed by atoms with E-state index >= 15 is 0 Å². The molecular formula is C19H25NO2S2. The molecule has 0 radical (unpaired) electrons. The highest BCUT2D eigenvalue weighted by molar-refractivity contribution is 8.16. The molecule has 0 unspecified atom stereocenters. The van der Waals surface area contributed by atoms with Gasteiger partial charge in [0, 0.05) is 12.1 Å². The summed E-state index contributed by atoms with van der Waals surface area (Å²) in [4.78, 5) is 15.1. The van der Waals surface area contributed by atoms with Crippen LogP contribution in [0.3, 0.4) is 0 Å². The fraction of sp³-hybridized carbons (Fsp3) is 0.632. The maximum absolute atomic E-state index is 13.0. The maximum Gasteiger partial charge on any atom is 0.254 e. The number of ether oxygens (including phenoxy) is 1. The van der Waals surface area contributed by atoms with Crippen LogP contribution in [0.4, 0.5) is 0 Å². The number of hydrogen-bond acceptors (Lipinski definition) is 4. The van der Waals surface area contributed by atoms with Gasteiger partial charge in [-0.2, -0.15) is 0 Å². The summed E-state index contributed by atoms with van der Waals surface area (Å²) in [5.41, 5.74) is 2.18. The second-order valence-electron chi connectivity index (χ2n) is 6.81. The van der Waals surface area contributed by atoms with Crippen LogP contribution < -0.4 is 0 Å². The molecule has 2 heterocycles. The minimum Gasteiger partial charge on any atom is -0.374 e. The standard InChI is InChI=1S/C19H25NO2S2/c21-18(20-10-11-22-17-5-2-1-4-16(17)20)14-6-8-15(9-7-14)19-23-12-3-13-24-19/h6-9,16-17,19H,1-5,10-13H2/t16-,17-/m0/s1. The van der Waals surface area contributed by atoms with Gasteiger partial charge in [-0.15, -0.1) is 23.5 Å². The maximum atomic E-state index is 13.0. The van der Waals surface area contributed by atoms with Crippen LogP contribution in [0.5, 0.6) is 0 Å². The number of hydrogen-bond donors (Lipinski definition) is 0. The van der Waals surface area contributed by atoms with Crippen LogP contribution in [-0.2, 0) is 4.74 Å². The van der Waals surface area contributed by atoms with Crippen molar-refractivity contribution in [1.29, 1.82) is 0 Å². The summed E-state index contributed by atoms with van der Waals surface area (Å²) in [6, 6.07) is 8.65. The van der Waals surface area contributed by atoms with Gasteiger partial charge in [-0.3, -0.25) is 4.79 Å². The fourth-order valence-electron chi connectivity index (χ4n) is 3.98. The summed E-state index contributed by atoms with van der Waals surface area (Å²) < 4.78 is 6.43. The van der Waals surface area contributed by atoms with Gasteiger partial charge in [0.2, 0.25) is 0 Å². The monoisotopic (exact) mass is 363 g/mol. The highest BCUT2D eigenvalue weighted by Crippen LogP contribution is 2.43. The van der Waals surface area contributed by atoms with E-state index in [1.165, 1.54) is 36.3 Å². The summed E-state index contributed by atoms with van der Waals surface area (Å²) in [6.07, 6.45) is 6.19. The van der Waals surface area contributed by atoms with Crippen molar-refractivity contribution in [2.75, 3.05) is 24.7 Å². The predicted molar refractivity (Wildman–Crippen MR) is 102 cm³/mol. The van der Waals surface area contributed by atoms with E-state index in [9.17, 15) is 4.79 Å². The molecule has 24 heavy (non-hydrogen) atoms. The molecule has 0 N–H and O–H groups in total. The molecule has 0 spiro atoms. The van der Waals surface area contributed by atoms with Crippen molar-refractivity contribution in [3.8, 4) is 0 Å². The molecule has 1 aliphatic carbocycles. The minimum absolute atomic E-state index is 0.186. The van der Waals surface area contributed by atoms with Crippen molar-refractivity contribution in [1.82, 2.24) is 4.90 Å². The quantitative estimate of drug-likeness (QED) is 0.782. The Hall–Kier alpha value is -0.650. The van der Waals surface area contributed by atoms with Crippen molar-refractivity contribution < 1.29 is 9.53 Å². The Kier molecular flexibility index (Phi) is 5.40. The number of nitrogens with zero attached hydrogens (tertiary/aromatic N) is 1. The van der Waals surface area contributed by atoms with Crippen molar-refractivity contribution in [3.63, 3.8) is 0 Å². The molecule has 3 aliphatic rings. The van der Waals surface area contributed by atoms with E-state index in [-0.39, 0.29) is 18.1 Å². The topological polar surface area (TPSA) is 29.5 Å². The third kappa shape index (κ3) is 3.49. The summed E-state index contributed by atoms with van der Waals surface area (Å²) in [5.74, 6) is 2.68. The number of thioether (sulfide) groups is 2. The number of carbonyl (C=O) groups is 1. The third-order valence-corrected chi connectivity index (χ3v) is 8.27. The first-order chi connectivity index (χ1) is 11.8. The van der Waals surface area contributed by atoms with E-state index in [0.717, 1.165) is 24.9 Å². The van der Waals surface area contributed by atoms with E-state index in [1.807, 2.05) is 35.7 Å². The second-order valence-corrected chi connectivity index (χ2v) is 9.53. The molecule has 5 heteroatoms. The molecule has 1 aromatic carbocycles. The number of carbonyl (C=O) groups excluding carboxylic acids is 1. The minimum atomic E-state index is 0.186. The summed E-state index contributed by atoms with van der Waals surface area (Å²) >= 11 is 4.05. The fourth-order valence-corrected chi connectivity index (χ4v) is 6.87. The highest BCUT2D eigenvalue weighted by Gasteiger charge is 2.36. The third-order valence-electron chi connectivity index (χ3n) is 5.25. The molecule has 0 bridgehead atoms. The first-order valence-corrected chi connectivity index (χ1v) is 11.2. The molecule has 2 aliphatic heterocycles. The van der Waals surface area contributed by atoms with Crippen LogP contribution in [-0.4, -0.2) is 47.6 Å². The van der Waals surface area contributed by atoms with E-state index in [0.29, 0.717) is 11.2 Å². The van der Waals surface area contributed by atoms with E-state index in [2.05, 4.69) is 17.0 Å². The van der Waals surface area contributed by atoms with Crippen LogP contribution in [0.25, 0.3) is 0 Å². The number of rotatable bonds is 2. The molecule has 3 fully saturated rings. The molecule has 4 rings (SSSR count). The first-order valence-electron chi connectivity index (χ1n) is 9.09. The lowest BCUT2D eigenvalue weighted by molar-refractivity contribution is -0.0752. The number of benzene rings is 1. The Morgan fingerprint density at radius 2 is 1.79 bits per heavy atom. The molecule has 130 valence electrons. The summed E-state index contributed by atoms with van der Waals surface area (Å²) in [5, 5.41) is 0. The average Bonchev–Trinajstić information content (AvgIpc) is 2.68. The number of fused-ring (bicyclic) bond motifs is 1. The van der Waals surface area contributed by atoms with Crippen molar-refractivity contribution in [3.05, 3.63) is 35.4 Å². The molecule has 1 saturated carbocycles. The zero-order valence-corrected chi connectivity index (χ0v) is 15.6. The van der Waals surface area contributed by atoms with Gasteiger partial charge in [-0.25, -0.2) is 0 Å². The normalized spacial score (nSPS) is 28.4. The summed E-state index contributed by atoms with van der Waals surface area (Å²) in [6.45, 7) is 1.41. The Morgan fingerprint density at radius 1 is 1.04 bits per heavy atom. The lowest BCUT2D eigenvalue weighted by atomic mass is 9.89. The van der Waals surface area contributed by atoms with E-state index in [1.54, 1.807) is 0 Å². The van der Waals surface area contributed by atoms with Gasteiger partial charge in [0.05, 0.1) is 23.3 Å². The largest absolute Gasteiger partial charge is 0.374 e. The SMILES string of the molecule is O=C(c1ccc(C2SCCCS2)cc1)N1CCO[C@H]2CCCC[C@@H]21. The van der Waals surface area contributed by atoms with Gasteiger partial charge in [-0.1, -0.05) is 25.0 Å². The smallest absolute Gasteiger partial charge is 0.254 e. The van der Waals surface area contributed by atoms with Crippen molar-refractivity contribution in [2.45, 2.75) is 48.8 Å². The number of morpholine rings is 1. The molecule has 2 saturated heterocycles. The Labute approximate surface area is 152 Å². The van der Waals surface area contributed by atoms with Gasteiger partial charge in [-0.05, 0) is 48.5 Å². The van der Waals surface area contributed by atoms with Crippen molar-refractivity contribution >= 4 is 29.4 Å². The molecule has 1 amide bonds. The Balaban J connectivity index is 1.47. The lowest BCUT2D eigenvalue weighted by Gasteiger charge is -2.43. The zero-order valence-electron chi connectivity index (χ0n) is 14.0. The molecule has 1 aromatic rings. The number of amides is 1. The first kappa shape index (κ1) is 16.8. The predicted octanol–water partition coefficient (Wildman–Crippen LogP) is 4.34. The van der Waals surface area contributed by atoms with Crippen LogP contribution in [0.2, 0.25) is 0 Å². The average molecular weight is 364 g/mol. The Bertz CT molecular complexity index is 569. The van der Waals surface area contributed by atoms with Crippen molar-refractivity contribution in [2.24, 2.45) is 0 Å². The van der Waals surface area contributed by atoms with Crippen LogP contribution in [0.15, 0.2) is 24.3 Å². The molecule has 2 atom stereocenters. The molecule has 3 nitrogen and oxygen atoms in total. The van der Waals surface area contributed by atoms with E-state index < -0.39 is 0 Å². The van der Waals surface area contributed by atoms with Gasteiger partial charge in [0.15, 0.2) is 0 Å². The van der Waals surface area contributed by atoms with Gasteiger partial charge in [0.25, 0.3) is 5.91 Å². The van der Waals surface area contributed by atoms with Crippen LogP contribution in [0, 0.1) is 0 Å². The zero-order chi connectivity index (χ0) is 16.4. The van der Waals surface area contributed by atoms with E-state index in [4.69, 9.17) is 4.74 Å². The highest BCUT2D eigenvalue weighted by atomic mass is 32.2.